The Kier molecular flexibility index (Phi) is 4.97. The number of nitrogens with zero attached hydrogens (tertiary/aromatic N) is 3. The molecule has 2 rings (SSSR count). The molecule has 2 N–H and O–H groups in total. The zero-order valence-electron chi connectivity index (χ0n) is 11.4. The molecule has 102 valence electrons. The van der Waals surface area contributed by atoms with Gasteiger partial charge in [0.15, 0.2) is 5.13 Å². The largest absolute Gasteiger partial charge is 0.346 e. The van der Waals surface area contributed by atoms with E-state index in [-0.39, 0.29) is 0 Å². The Morgan fingerprint density at radius 1 is 1.39 bits per heavy atom. The summed E-state index contributed by atoms with van der Waals surface area (Å²) in [5.41, 5.74) is 6.22. The third kappa shape index (κ3) is 3.43. The van der Waals surface area contributed by atoms with Crippen LogP contribution in [0.25, 0.3) is 0 Å². The van der Waals surface area contributed by atoms with Crippen LogP contribution in [0.2, 0.25) is 0 Å². The van der Waals surface area contributed by atoms with Crippen LogP contribution >= 0.6 is 11.3 Å². The minimum atomic E-state index is 0.307. The van der Waals surface area contributed by atoms with E-state index < -0.39 is 0 Å². The number of thiazole rings is 1. The molecule has 18 heavy (non-hydrogen) atoms. The second-order valence-corrected chi connectivity index (χ2v) is 6.02. The van der Waals surface area contributed by atoms with Crippen molar-refractivity contribution >= 4 is 16.5 Å². The van der Waals surface area contributed by atoms with E-state index in [9.17, 15) is 0 Å². The molecule has 1 aliphatic rings. The first-order valence-electron chi connectivity index (χ1n) is 6.83. The van der Waals surface area contributed by atoms with E-state index in [0.717, 1.165) is 37.9 Å². The van der Waals surface area contributed by atoms with Crippen LogP contribution in [-0.2, 0) is 0 Å². The van der Waals surface area contributed by atoms with Gasteiger partial charge in [-0.25, -0.2) is 4.98 Å². The van der Waals surface area contributed by atoms with E-state index in [0.29, 0.717) is 12.0 Å². The summed E-state index contributed by atoms with van der Waals surface area (Å²) in [6.45, 7) is 9.83. The van der Waals surface area contributed by atoms with Gasteiger partial charge in [0.25, 0.3) is 0 Å². The molecule has 5 heteroatoms. The van der Waals surface area contributed by atoms with Gasteiger partial charge in [-0.1, -0.05) is 20.3 Å². The number of anilines is 1. The number of rotatable bonds is 5. The molecule has 2 unspecified atom stereocenters. The van der Waals surface area contributed by atoms with Crippen molar-refractivity contribution in [3.05, 3.63) is 11.6 Å². The van der Waals surface area contributed by atoms with E-state index in [1.807, 2.05) is 11.6 Å². The van der Waals surface area contributed by atoms with Crippen LogP contribution in [0.3, 0.4) is 0 Å². The molecule has 0 amide bonds. The second kappa shape index (κ2) is 6.50. The van der Waals surface area contributed by atoms with Gasteiger partial charge in [0.1, 0.15) is 0 Å². The number of piperazine rings is 1. The van der Waals surface area contributed by atoms with Crippen LogP contribution in [-0.4, -0.2) is 48.6 Å². The van der Waals surface area contributed by atoms with Gasteiger partial charge in [0.2, 0.25) is 0 Å². The first-order chi connectivity index (χ1) is 8.70. The SMILES string of the molecule is CCC(C)C(N)CN1CCN(c2nccs2)CC1. The summed E-state index contributed by atoms with van der Waals surface area (Å²) in [7, 11) is 0. The standard InChI is InChI=1S/C13H24N4S/c1-3-11(2)12(14)10-16-5-7-17(8-6-16)13-15-4-9-18-13/h4,9,11-12H,3,5-8,10,14H2,1-2H3. The normalized spacial score (nSPS) is 20.9. The highest BCUT2D eigenvalue weighted by Crippen LogP contribution is 2.19. The molecule has 2 heterocycles. The fraction of sp³-hybridized carbons (Fsp3) is 0.769. The maximum Gasteiger partial charge on any atom is 0.185 e. The van der Waals surface area contributed by atoms with Gasteiger partial charge in [-0.15, -0.1) is 11.3 Å². The molecule has 0 saturated carbocycles. The predicted molar refractivity (Wildman–Crippen MR) is 78.2 cm³/mol. The molecule has 0 aromatic carbocycles. The average Bonchev–Trinajstić information content (AvgIpc) is 2.92. The van der Waals surface area contributed by atoms with E-state index >= 15 is 0 Å². The van der Waals surface area contributed by atoms with Crippen LogP contribution in [0.4, 0.5) is 5.13 Å². The van der Waals surface area contributed by atoms with Crippen LogP contribution in [0.5, 0.6) is 0 Å². The topological polar surface area (TPSA) is 45.4 Å². The van der Waals surface area contributed by atoms with Gasteiger partial charge >= 0.3 is 0 Å². The van der Waals surface area contributed by atoms with Crippen molar-refractivity contribution in [2.45, 2.75) is 26.3 Å². The molecule has 1 aliphatic heterocycles. The number of nitrogens with two attached hydrogens (primary N) is 1. The molecular formula is C13H24N4S. The third-order valence-electron chi connectivity index (χ3n) is 3.91. The lowest BCUT2D eigenvalue weighted by molar-refractivity contribution is 0.220. The Balaban J connectivity index is 1.77. The number of aromatic nitrogens is 1. The zero-order chi connectivity index (χ0) is 13.0. The predicted octanol–water partition coefficient (Wildman–Crippen LogP) is 1.64. The highest BCUT2D eigenvalue weighted by atomic mass is 32.1. The fourth-order valence-corrected chi connectivity index (χ4v) is 2.97. The Hall–Kier alpha value is -0.650. The Labute approximate surface area is 114 Å². The number of hydrogen-bond acceptors (Lipinski definition) is 5. The molecule has 0 bridgehead atoms. The van der Waals surface area contributed by atoms with Gasteiger partial charge in [-0.3, -0.25) is 4.90 Å². The van der Waals surface area contributed by atoms with Crippen molar-refractivity contribution < 1.29 is 0 Å². The summed E-state index contributed by atoms with van der Waals surface area (Å²) in [5.74, 6) is 0.613. The molecule has 0 radical (unpaired) electrons. The van der Waals surface area contributed by atoms with Crippen LogP contribution in [0.15, 0.2) is 11.6 Å². The average molecular weight is 268 g/mol. The minimum absolute atomic E-state index is 0.307. The van der Waals surface area contributed by atoms with Crippen molar-refractivity contribution in [2.75, 3.05) is 37.6 Å². The molecule has 2 atom stereocenters. The van der Waals surface area contributed by atoms with Gasteiger partial charge in [0, 0.05) is 50.3 Å². The first kappa shape index (κ1) is 13.8. The minimum Gasteiger partial charge on any atom is -0.346 e. The molecule has 4 nitrogen and oxygen atoms in total. The van der Waals surface area contributed by atoms with Gasteiger partial charge in [-0.2, -0.15) is 0 Å². The Morgan fingerprint density at radius 3 is 2.67 bits per heavy atom. The maximum absolute atomic E-state index is 6.22. The second-order valence-electron chi connectivity index (χ2n) is 5.15. The first-order valence-corrected chi connectivity index (χ1v) is 7.71. The van der Waals surface area contributed by atoms with Gasteiger partial charge in [-0.05, 0) is 5.92 Å². The highest BCUT2D eigenvalue weighted by molar-refractivity contribution is 7.13. The summed E-state index contributed by atoms with van der Waals surface area (Å²) < 4.78 is 0. The monoisotopic (exact) mass is 268 g/mol. The van der Waals surface area contributed by atoms with Gasteiger partial charge in [0.05, 0.1) is 0 Å². The van der Waals surface area contributed by atoms with Crippen molar-refractivity contribution in [1.29, 1.82) is 0 Å². The molecule has 1 aromatic heterocycles. The van der Waals surface area contributed by atoms with Gasteiger partial charge < -0.3 is 10.6 Å². The summed E-state index contributed by atoms with van der Waals surface area (Å²) in [4.78, 5) is 9.23. The molecule has 0 spiro atoms. The summed E-state index contributed by atoms with van der Waals surface area (Å²) in [6.07, 6.45) is 3.05. The zero-order valence-corrected chi connectivity index (χ0v) is 12.2. The van der Waals surface area contributed by atoms with Crippen molar-refractivity contribution in [3.63, 3.8) is 0 Å². The van der Waals surface area contributed by atoms with Crippen molar-refractivity contribution in [2.24, 2.45) is 11.7 Å². The smallest absolute Gasteiger partial charge is 0.185 e. The Morgan fingerprint density at radius 2 is 2.11 bits per heavy atom. The highest BCUT2D eigenvalue weighted by Gasteiger charge is 2.21. The fourth-order valence-electron chi connectivity index (χ4n) is 2.27. The summed E-state index contributed by atoms with van der Waals surface area (Å²) in [6, 6.07) is 0.307. The maximum atomic E-state index is 6.22. The lowest BCUT2D eigenvalue weighted by Crippen LogP contribution is -2.51. The van der Waals surface area contributed by atoms with E-state index in [2.05, 4.69) is 28.6 Å². The Bertz CT molecular complexity index is 333. The molecule has 1 fully saturated rings. The summed E-state index contributed by atoms with van der Waals surface area (Å²) in [5, 5.41) is 3.20. The third-order valence-corrected chi connectivity index (χ3v) is 4.74. The molecule has 0 aliphatic carbocycles. The van der Waals surface area contributed by atoms with Crippen LogP contribution in [0, 0.1) is 5.92 Å². The lowest BCUT2D eigenvalue weighted by atomic mass is 9.99. The number of hydrogen-bond donors (Lipinski definition) is 1. The quantitative estimate of drug-likeness (QED) is 0.882. The lowest BCUT2D eigenvalue weighted by Gasteiger charge is -2.36. The molecular weight excluding hydrogens is 244 g/mol. The summed E-state index contributed by atoms with van der Waals surface area (Å²) >= 11 is 1.72. The van der Waals surface area contributed by atoms with E-state index in [4.69, 9.17) is 5.73 Å². The van der Waals surface area contributed by atoms with E-state index in [1.165, 1.54) is 6.42 Å². The molecule has 1 saturated heterocycles. The van der Waals surface area contributed by atoms with Crippen molar-refractivity contribution in [3.8, 4) is 0 Å². The van der Waals surface area contributed by atoms with Crippen LogP contribution in [0.1, 0.15) is 20.3 Å². The van der Waals surface area contributed by atoms with E-state index in [1.54, 1.807) is 11.3 Å². The van der Waals surface area contributed by atoms with Crippen molar-refractivity contribution in [1.82, 2.24) is 9.88 Å². The molecule has 1 aromatic rings. The van der Waals surface area contributed by atoms with Crippen LogP contribution < -0.4 is 10.6 Å².